The Morgan fingerprint density at radius 3 is 2.76 bits per heavy atom. The van der Waals surface area contributed by atoms with Gasteiger partial charge in [-0.25, -0.2) is 5.43 Å². The van der Waals surface area contributed by atoms with Gasteiger partial charge in [0.15, 0.2) is 11.5 Å². The minimum atomic E-state index is -0.352. The molecule has 0 aliphatic heterocycles. The van der Waals surface area contributed by atoms with Gasteiger partial charge in [-0.1, -0.05) is 48.0 Å². The molecule has 0 bridgehead atoms. The summed E-state index contributed by atoms with van der Waals surface area (Å²) in [5.74, 6) is 0.707. The molecule has 0 aliphatic rings. The highest BCUT2D eigenvalue weighted by atomic mass is 79.9. The van der Waals surface area contributed by atoms with Crippen LogP contribution in [0.5, 0.6) is 11.5 Å². The van der Waals surface area contributed by atoms with Crippen molar-refractivity contribution < 1.29 is 14.3 Å². The number of nitrogens with one attached hydrogen (secondary N) is 1. The summed E-state index contributed by atoms with van der Waals surface area (Å²) in [6.07, 6.45) is 3.05. The number of pyridine rings is 1. The van der Waals surface area contributed by atoms with Gasteiger partial charge in [0.1, 0.15) is 6.61 Å². The second-order valence-corrected chi connectivity index (χ2v) is 8.29. The van der Waals surface area contributed by atoms with Gasteiger partial charge in [0.05, 0.1) is 28.9 Å². The lowest BCUT2D eigenvalue weighted by atomic mass is 10.1. The van der Waals surface area contributed by atoms with Crippen LogP contribution in [0.1, 0.15) is 21.5 Å². The largest absolute Gasteiger partial charge is 0.493 e. The fraction of sp³-hybridized carbons (Fsp3) is 0.0800. The molecule has 8 heteroatoms. The van der Waals surface area contributed by atoms with E-state index in [0.29, 0.717) is 32.1 Å². The number of halogens is 2. The number of nitrogens with zero attached hydrogens (tertiary/aromatic N) is 2. The predicted molar refractivity (Wildman–Crippen MR) is 133 cm³/mol. The average Bonchev–Trinajstić information content (AvgIpc) is 2.83. The number of carbonyl (C=O) groups excluding carboxylic acids is 1. The summed E-state index contributed by atoms with van der Waals surface area (Å²) in [6.45, 7) is 0.290. The summed E-state index contributed by atoms with van der Waals surface area (Å²) in [4.78, 5) is 16.7. The van der Waals surface area contributed by atoms with Gasteiger partial charge in [-0.2, -0.15) is 5.10 Å². The van der Waals surface area contributed by atoms with Crippen LogP contribution in [0.2, 0.25) is 5.02 Å². The van der Waals surface area contributed by atoms with Crippen molar-refractivity contribution in [3.63, 3.8) is 0 Å². The molecule has 1 heterocycles. The standard InChI is InChI=1S/C25H19BrClN3O3/c1-32-23-11-16(10-20(26)24(23)33-15-18-7-2-4-8-21(18)27)13-29-30-25(31)19-12-17-6-3-5-9-22(17)28-14-19/h2-14H,15H2,1H3,(H,30,31)/b29-13+. The van der Waals surface area contributed by atoms with Crippen LogP contribution in [0.4, 0.5) is 0 Å². The van der Waals surface area contributed by atoms with Gasteiger partial charge in [0, 0.05) is 22.2 Å². The molecule has 0 saturated carbocycles. The van der Waals surface area contributed by atoms with Crippen molar-refractivity contribution in [1.29, 1.82) is 0 Å². The lowest BCUT2D eigenvalue weighted by Gasteiger charge is -2.14. The van der Waals surface area contributed by atoms with Crippen LogP contribution in [0.3, 0.4) is 0 Å². The van der Waals surface area contributed by atoms with Crippen molar-refractivity contribution in [2.24, 2.45) is 5.10 Å². The zero-order chi connectivity index (χ0) is 23.2. The highest BCUT2D eigenvalue weighted by molar-refractivity contribution is 9.10. The Labute approximate surface area is 204 Å². The molecular weight excluding hydrogens is 506 g/mol. The van der Waals surface area contributed by atoms with Crippen molar-refractivity contribution in [1.82, 2.24) is 10.4 Å². The van der Waals surface area contributed by atoms with Crippen molar-refractivity contribution in [3.8, 4) is 11.5 Å². The normalized spacial score (nSPS) is 11.0. The molecule has 3 aromatic carbocycles. The fourth-order valence-electron chi connectivity index (χ4n) is 3.14. The number of amides is 1. The smallest absolute Gasteiger partial charge is 0.272 e. The number of para-hydroxylation sites is 1. The van der Waals surface area contributed by atoms with E-state index in [0.717, 1.165) is 16.5 Å². The minimum Gasteiger partial charge on any atom is -0.493 e. The zero-order valence-corrected chi connectivity index (χ0v) is 19.9. The van der Waals surface area contributed by atoms with Gasteiger partial charge >= 0.3 is 0 Å². The highest BCUT2D eigenvalue weighted by Crippen LogP contribution is 2.37. The van der Waals surface area contributed by atoms with E-state index in [1.165, 1.54) is 12.4 Å². The molecule has 166 valence electrons. The molecule has 4 rings (SSSR count). The summed E-state index contributed by atoms with van der Waals surface area (Å²) in [5.41, 5.74) is 5.35. The Hall–Kier alpha value is -3.42. The molecule has 4 aromatic rings. The Morgan fingerprint density at radius 1 is 1.15 bits per heavy atom. The molecule has 0 spiro atoms. The van der Waals surface area contributed by atoms with Crippen LogP contribution in [0, 0.1) is 0 Å². The van der Waals surface area contributed by atoms with Crippen LogP contribution in [-0.2, 0) is 6.61 Å². The summed E-state index contributed by atoms with van der Waals surface area (Å²) < 4.78 is 12.1. The van der Waals surface area contributed by atoms with Crippen molar-refractivity contribution >= 4 is 50.6 Å². The molecular formula is C25H19BrClN3O3. The first kappa shape index (κ1) is 22.8. The molecule has 6 nitrogen and oxygen atoms in total. The molecule has 1 amide bonds. The van der Waals surface area contributed by atoms with Crippen LogP contribution < -0.4 is 14.9 Å². The number of hydrogen-bond acceptors (Lipinski definition) is 5. The summed E-state index contributed by atoms with van der Waals surface area (Å²) in [6, 6.07) is 20.4. The van der Waals surface area contributed by atoms with Crippen LogP contribution in [0.15, 0.2) is 82.5 Å². The maximum Gasteiger partial charge on any atom is 0.272 e. The maximum absolute atomic E-state index is 12.4. The third kappa shape index (κ3) is 5.50. The number of rotatable bonds is 7. The number of hydrogen-bond donors (Lipinski definition) is 1. The Balaban J connectivity index is 1.45. The number of methoxy groups -OCH3 is 1. The van der Waals surface area contributed by atoms with Crippen LogP contribution in [-0.4, -0.2) is 24.2 Å². The fourth-order valence-corrected chi connectivity index (χ4v) is 3.91. The van der Waals surface area contributed by atoms with Crippen molar-refractivity contribution in [2.75, 3.05) is 7.11 Å². The molecule has 33 heavy (non-hydrogen) atoms. The van der Waals surface area contributed by atoms with Gasteiger partial charge < -0.3 is 9.47 Å². The Morgan fingerprint density at radius 2 is 1.94 bits per heavy atom. The molecule has 0 aliphatic carbocycles. The maximum atomic E-state index is 12.4. The average molecular weight is 525 g/mol. The quantitative estimate of drug-likeness (QED) is 0.238. The Kier molecular flexibility index (Phi) is 7.22. The third-order valence-electron chi connectivity index (χ3n) is 4.81. The number of benzene rings is 3. The molecule has 0 unspecified atom stereocenters. The lowest BCUT2D eigenvalue weighted by Crippen LogP contribution is -2.17. The van der Waals surface area contributed by atoms with E-state index in [1.807, 2.05) is 54.6 Å². The molecule has 0 radical (unpaired) electrons. The second-order valence-electron chi connectivity index (χ2n) is 7.03. The zero-order valence-electron chi connectivity index (χ0n) is 17.6. The van der Waals surface area contributed by atoms with Gasteiger partial charge in [0.25, 0.3) is 5.91 Å². The molecule has 0 atom stereocenters. The van der Waals surface area contributed by atoms with Crippen molar-refractivity contribution in [2.45, 2.75) is 6.61 Å². The molecule has 0 saturated heterocycles. The topological polar surface area (TPSA) is 72.8 Å². The van der Waals surface area contributed by atoms with Gasteiger partial charge in [0.2, 0.25) is 0 Å². The number of ether oxygens (including phenoxy) is 2. The van der Waals surface area contributed by atoms with E-state index in [4.69, 9.17) is 21.1 Å². The number of fused-ring (bicyclic) bond motifs is 1. The molecule has 1 aromatic heterocycles. The monoisotopic (exact) mass is 523 g/mol. The third-order valence-corrected chi connectivity index (χ3v) is 5.77. The summed E-state index contributed by atoms with van der Waals surface area (Å²) in [7, 11) is 1.56. The van der Waals surface area contributed by atoms with Gasteiger partial charge in [-0.05, 0) is 51.8 Å². The van der Waals surface area contributed by atoms with Crippen molar-refractivity contribution in [3.05, 3.63) is 99.1 Å². The molecule has 1 N–H and O–H groups in total. The summed E-state index contributed by atoms with van der Waals surface area (Å²) in [5, 5.41) is 5.58. The summed E-state index contributed by atoms with van der Waals surface area (Å²) >= 11 is 9.72. The first-order valence-corrected chi connectivity index (χ1v) is 11.1. The minimum absolute atomic E-state index is 0.290. The van der Waals surface area contributed by atoms with E-state index in [1.54, 1.807) is 19.2 Å². The van der Waals surface area contributed by atoms with Gasteiger partial charge in [-0.3, -0.25) is 9.78 Å². The Bertz CT molecular complexity index is 1340. The number of hydrazone groups is 1. The van der Waals surface area contributed by atoms with Crippen LogP contribution in [0.25, 0.3) is 10.9 Å². The SMILES string of the molecule is COc1cc(/C=N/NC(=O)c2cnc3ccccc3c2)cc(Br)c1OCc1ccccc1Cl. The second kappa shape index (κ2) is 10.5. The predicted octanol–water partition coefficient (Wildman–Crippen LogP) is 6.00. The van der Waals surface area contributed by atoms with E-state index < -0.39 is 0 Å². The molecule has 0 fully saturated rings. The van der Waals surface area contributed by atoms with E-state index in [2.05, 4.69) is 31.4 Å². The van der Waals surface area contributed by atoms with Crippen LogP contribution >= 0.6 is 27.5 Å². The number of carbonyl (C=O) groups is 1. The first-order valence-electron chi connectivity index (χ1n) is 9.97. The lowest BCUT2D eigenvalue weighted by molar-refractivity contribution is 0.0955. The van der Waals surface area contributed by atoms with E-state index in [-0.39, 0.29) is 12.5 Å². The van der Waals surface area contributed by atoms with Gasteiger partial charge in [-0.15, -0.1) is 0 Å². The highest BCUT2D eigenvalue weighted by Gasteiger charge is 2.13. The number of aromatic nitrogens is 1. The van der Waals surface area contributed by atoms with E-state index >= 15 is 0 Å². The first-order chi connectivity index (χ1) is 16.0. The van der Waals surface area contributed by atoms with E-state index in [9.17, 15) is 4.79 Å².